The number of likely N-dealkylation sites (N-methyl/N-ethyl adjacent to an activating group) is 1. The van der Waals surface area contributed by atoms with Crippen molar-refractivity contribution >= 4 is 15.9 Å². The van der Waals surface area contributed by atoms with Crippen LogP contribution in [0.15, 0.2) is 4.60 Å². The fourth-order valence-corrected chi connectivity index (χ4v) is 3.68. The number of aromatic nitrogens is 3. The number of halogens is 1. The van der Waals surface area contributed by atoms with E-state index in [2.05, 4.69) is 50.3 Å². The van der Waals surface area contributed by atoms with Crippen molar-refractivity contribution in [2.75, 3.05) is 20.1 Å². The van der Waals surface area contributed by atoms with Crippen molar-refractivity contribution in [3.8, 4) is 0 Å². The van der Waals surface area contributed by atoms with Crippen LogP contribution in [0.5, 0.6) is 0 Å². The Labute approximate surface area is 123 Å². The molecule has 1 aromatic rings. The molecular weight excluding hydrogens is 306 g/mol. The van der Waals surface area contributed by atoms with Gasteiger partial charge < -0.3 is 5.32 Å². The maximum atomic E-state index is 4.11. The molecule has 1 fully saturated rings. The van der Waals surface area contributed by atoms with E-state index in [0.29, 0.717) is 0 Å². The average Bonchev–Trinajstić information content (AvgIpc) is 2.72. The van der Waals surface area contributed by atoms with Crippen LogP contribution in [0, 0.1) is 0 Å². The lowest BCUT2D eigenvalue weighted by Gasteiger charge is -2.45. The van der Waals surface area contributed by atoms with Crippen LogP contribution in [0.1, 0.15) is 44.8 Å². The fraction of sp³-hybridized carbons (Fsp3) is 0.846. The lowest BCUT2D eigenvalue weighted by Crippen LogP contribution is -2.54. The Morgan fingerprint density at radius 3 is 2.37 bits per heavy atom. The quantitative estimate of drug-likeness (QED) is 0.918. The van der Waals surface area contributed by atoms with E-state index < -0.39 is 0 Å². The molecule has 0 aliphatic carbocycles. The Kier molecular flexibility index (Phi) is 4.63. The third-order valence-electron chi connectivity index (χ3n) is 4.27. The van der Waals surface area contributed by atoms with Gasteiger partial charge in [0.15, 0.2) is 4.60 Å². The summed E-state index contributed by atoms with van der Waals surface area (Å²) in [4.78, 5) is 2.58. The highest BCUT2D eigenvalue weighted by atomic mass is 79.9. The van der Waals surface area contributed by atoms with Crippen molar-refractivity contribution in [1.29, 1.82) is 0 Å². The van der Waals surface area contributed by atoms with Crippen LogP contribution in [-0.2, 0) is 7.05 Å². The minimum Gasteiger partial charge on any atom is -0.310 e. The molecule has 6 heteroatoms. The highest BCUT2D eigenvalue weighted by Gasteiger charge is 2.38. The Morgan fingerprint density at radius 2 is 1.89 bits per heavy atom. The number of hydrogen-bond donors (Lipinski definition) is 1. The molecule has 0 radical (unpaired) electrons. The first-order valence-electron chi connectivity index (χ1n) is 6.96. The zero-order valence-electron chi connectivity index (χ0n) is 12.3. The van der Waals surface area contributed by atoms with E-state index in [1.54, 1.807) is 0 Å². The zero-order valence-corrected chi connectivity index (χ0v) is 13.9. The molecule has 19 heavy (non-hydrogen) atoms. The normalized spacial score (nSPS) is 19.6. The lowest BCUT2D eigenvalue weighted by molar-refractivity contribution is 0.0605. The number of nitrogens with zero attached hydrogens (tertiary/aromatic N) is 4. The number of hydrogen-bond acceptors (Lipinski definition) is 4. The van der Waals surface area contributed by atoms with Crippen molar-refractivity contribution in [1.82, 2.24) is 25.2 Å². The van der Waals surface area contributed by atoms with Gasteiger partial charge in [-0.1, -0.05) is 11.6 Å². The largest absolute Gasteiger partial charge is 0.310 e. The minimum atomic E-state index is 0.0349. The van der Waals surface area contributed by atoms with Crippen LogP contribution in [0.3, 0.4) is 0 Å². The first-order chi connectivity index (χ1) is 8.98. The smallest absolute Gasteiger partial charge is 0.153 e. The molecule has 5 nitrogen and oxygen atoms in total. The molecule has 2 heterocycles. The third kappa shape index (κ3) is 2.85. The summed E-state index contributed by atoms with van der Waals surface area (Å²) >= 11 is 3.52. The van der Waals surface area contributed by atoms with E-state index in [4.69, 9.17) is 0 Å². The highest BCUT2D eigenvalue weighted by Crippen LogP contribution is 2.35. The summed E-state index contributed by atoms with van der Waals surface area (Å²) in [6.07, 6.45) is 3.95. The molecule has 1 aliphatic heterocycles. The Hall–Kier alpha value is -0.460. The predicted octanol–water partition coefficient (Wildman–Crippen LogP) is 2.10. The molecule has 1 unspecified atom stereocenters. The van der Waals surface area contributed by atoms with E-state index in [9.17, 15) is 0 Å². The van der Waals surface area contributed by atoms with Gasteiger partial charge in [-0.25, -0.2) is 4.68 Å². The van der Waals surface area contributed by atoms with Crippen LogP contribution in [0.4, 0.5) is 0 Å². The van der Waals surface area contributed by atoms with Gasteiger partial charge in [0.1, 0.15) is 0 Å². The van der Waals surface area contributed by atoms with Crippen LogP contribution < -0.4 is 5.32 Å². The number of nitrogens with one attached hydrogen (secondary N) is 1. The predicted molar refractivity (Wildman–Crippen MR) is 80.0 cm³/mol. The monoisotopic (exact) mass is 329 g/mol. The average molecular weight is 330 g/mol. The van der Waals surface area contributed by atoms with Crippen molar-refractivity contribution in [3.63, 3.8) is 0 Å². The van der Waals surface area contributed by atoms with Crippen molar-refractivity contribution < 1.29 is 0 Å². The number of piperidine rings is 1. The van der Waals surface area contributed by atoms with Crippen LogP contribution in [-0.4, -0.2) is 45.6 Å². The first-order valence-corrected chi connectivity index (χ1v) is 7.75. The van der Waals surface area contributed by atoms with E-state index in [1.165, 1.54) is 32.4 Å². The topological polar surface area (TPSA) is 46.0 Å². The molecule has 1 saturated heterocycles. The number of aryl methyl sites for hydroxylation is 1. The molecule has 0 aromatic carbocycles. The van der Waals surface area contributed by atoms with E-state index >= 15 is 0 Å². The van der Waals surface area contributed by atoms with Gasteiger partial charge in [-0.3, -0.25) is 4.90 Å². The summed E-state index contributed by atoms with van der Waals surface area (Å²) in [5, 5.41) is 11.7. The highest BCUT2D eigenvalue weighted by molar-refractivity contribution is 9.10. The second kappa shape index (κ2) is 5.89. The van der Waals surface area contributed by atoms with Gasteiger partial charge in [0.05, 0.1) is 11.7 Å². The Morgan fingerprint density at radius 1 is 1.26 bits per heavy atom. The van der Waals surface area contributed by atoms with E-state index in [1.807, 2.05) is 18.8 Å². The maximum absolute atomic E-state index is 4.11. The van der Waals surface area contributed by atoms with Crippen LogP contribution in [0.25, 0.3) is 0 Å². The van der Waals surface area contributed by atoms with E-state index in [0.717, 1.165) is 10.3 Å². The summed E-state index contributed by atoms with van der Waals surface area (Å²) < 4.78 is 2.69. The van der Waals surface area contributed by atoms with Gasteiger partial charge in [-0.05, 0) is 62.8 Å². The summed E-state index contributed by atoms with van der Waals surface area (Å²) in [6, 6.07) is 0.194. The molecule has 0 amide bonds. The second-order valence-corrected chi connectivity index (χ2v) is 6.56. The van der Waals surface area contributed by atoms with Gasteiger partial charge >= 0.3 is 0 Å². The summed E-state index contributed by atoms with van der Waals surface area (Å²) in [7, 11) is 3.96. The van der Waals surface area contributed by atoms with Crippen LogP contribution in [0.2, 0.25) is 0 Å². The molecule has 2 rings (SSSR count). The van der Waals surface area contributed by atoms with Crippen LogP contribution >= 0.6 is 15.9 Å². The van der Waals surface area contributed by atoms with Gasteiger partial charge in [0, 0.05) is 12.6 Å². The zero-order chi connectivity index (χ0) is 14.0. The van der Waals surface area contributed by atoms with Crippen molar-refractivity contribution in [2.24, 2.45) is 7.05 Å². The summed E-state index contributed by atoms with van der Waals surface area (Å²) in [6.45, 7) is 6.96. The first kappa shape index (κ1) is 14.9. The minimum absolute atomic E-state index is 0.0349. The molecule has 0 saturated carbocycles. The van der Waals surface area contributed by atoms with Gasteiger partial charge in [-0.2, -0.15) is 0 Å². The van der Waals surface area contributed by atoms with E-state index in [-0.39, 0.29) is 11.6 Å². The summed E-state index contributed by atoms with van der Waals surface area (Å²) in [5.41, 5.74) is 1.14. The SMILES string of the molecule is CNC(c1c(Br)nnn1C)C(C)(C)N1CCCCC1. The molecule has 1 N–H and O–H groups in total. The van der Waals surface area contributed by atoms with Crippen molar-refractivity contribution in [2.45, 2.75) is 44.7 Å². The molecule has 0 spiro atoms. The molecule has 1 aromatic heterocycles. The summed E-state index contributed by atoms with van der Waals surface area (Å²) in [5.74, 6) is 0. The standard InChI is InChI=1S/C13H24BrN5/c1-13(2,19-8-6-5-7-9-19)11(15-3)10-12(14)16-17-18(10)4/h11,15H,5-9H2,1-4H3. The van der Waals surface area contributed by atoms with Gasteiger partial charge in [0.2, 0.25) is 0 Å². The molecular formula is C13H24BrN5. The van der Waals surface area contributed by atoms with Gasteiger partial charge in [-0.15, -0.1) is 5.10 Å². The molecule has 1 atom stereocenters. The Balaban J connectivity index is 2.29. The number of rotatable bonds is 4. The van der Waals surface area contributed by atoms with Crippen molar-refractivity contribution in [3.05, 3.63) is 10.3 Å². The molecule has 108 valence electrons. The fourth-order valence-electron chi connectivity index (χ4n) is 3.12. The van der Waals surface area contributed by atoms with Gasteiger partial charge in [0.25, 0.3) is 0 Å². The lowest BCUT2D eigenvalue weighted by atomic mass is 9.88. The molecule has 1 aliphatic rings. The maximum Gasteiger partial charge on any atom is 0.153 e. The Bertz CT molecular complexity index is 403. The third-order valence-corrected chi connectivity index (χ3v) is 4.83. The second-order valence-electron chi connectivity index (χ2n) is 5.81. The molecule has 0 bridgehead atoms. The number of likely N-dealkylation sites (tertiary alicyclic amines) is 1.